The van der Waals surface area contributed by atoms with Crippen LogP contribution in [0.25, 0.3) is 0 Å². The van der Waals surface area contributed by atoms with Crippen molar-refractivity contribution in [2.24, 2.45) is 0 Å². The van der Waals surface area contributed by atoms with Crippen LogP contribution in [-0.2, 0) is 21.2 Å². The largest absolute Gasteiger partial charge is 0.495 e. The van der Waals surface area contributed by atoms with E-state index in [0.717, 1.165) is 5.56 Å². The summed E-state index contributed by atoms with van der Waals surface area (Å²) in [5, 5.41) is 5.49. The Bertz CT molecular complexity index is 963. The van der Waals surface area contributed by atoms with Gasteiger partial charge in [0.25, 0.3) is 10.0 Å². The number of nitrogens with one attached hydrogen (secondary N) is 3. The Labute approximate surface area is 176 Å². The van der Waals surface area contributed by atoms with E-state index in [2.05, 4.69) is 15.4 Å². The third kappa shape index (κ3) is 6.43. The molecule has 156 valence electrons. The van der Waals surface area contributed by atoms with Gasteiger partial charge in [0.05, 0.1) is 13.2 Å². The number of benzene rings is 2. The first-order chi connectivity index (χ1) is 13.8. The van der Waals surface area contributed by atoms with Gasteiger partial charge >= 0.3 is 0 Å². The molecule has 0 radical (unpaired) electrons. The van der Waals surface area contributed by atoms with Gasteiger partial charge in [-0.1, -0.05) is 36.4 Å². The molecule has 0 spiro atoms. The number of thiocarbonyl (C=S) groups is 1. The van der Waals surface area contributed by atoms with Gasteiger partial charge in [-0.2, -0.15) is 0 Å². The number of carbonyl (C=O) groups excluding carboxylic acids is 1. The Balaban J connectivity index is 2.07. The highest BCUT2D eigenvalue weighted by Gasteiger charge is 2.21. The van der Waals surface area contributed by atoms with Crippen LogP contribution in [0, 0.1) is 0 Å². The Morgan fingerprint density at radius 3 is 2.48 bits per heavy atom. The number of methoxy groups -OCH3 is 1. The minimum Gasteiger partial charge on any atom is -0.495 e. The van der Waals surface area contributed by atoms with Crippen LogP contribution in [0.3, 0.4) is 0 Å². The summed E-state index contributed by atoms with van der Waals surface area (Å²) in [7, 11) is -0.997. The molecule has 0 unspecified atom stereocenters. The molecule has 2 rings (SSSR count). The Hall–Kier alpha value is -2.65. The van der Waals surface area contributed by atoms with Gasteiger partial charge < -0.3 is 15.4 Å². The minimum atomic E-state index is -3.91. The highest BCUT2D eigenvalue weighted by atomic mass is 32.2. The zero-order valence-electron chi connectivity index (χ0n) is 16.6. The molecular formula is C20H25N3O4S2. The highest BCUT2D eigenvalue weighted by Crippen LogP contribution is 2.25. The lowest BCUT2D eigenvalue weighted by molar-refractivity contribution is -0.121. The number of hydrogen-bond acceptors (Lipinski definition) is 5. The number of rotatable bonds is 8. The van der Waals surface area contributed by atoms with Gasteiger partial charge in [0.1, 0.15) is 10.6 Å². The summed E-state index contributed by atoms with van der Waals surface area (Å²) in [6, 6.07) is 14.4. The lowest BCUT2D eigenvalue weighted by Gasteiger charge is -2.15. The molecule has 2 aromatic carbocycles. The van der Waals surface area contributed by atoms with Crippen LogP contribution >= 0.6 is 12.2 Å². The van der Waals surface area contributed by atoms with Crippen molar-refractivity contribution >= 4 is 33.3 Å². The molecule has 9 heteroatoms. The number of carbonyl (C=O) groups is 1. The summed E-state index contributed by atoms with van der Waals surface area (Å²) in [6.45, 7) is 1.92. The third-order valence-electron chi connectivity index (χ3n) is 4.29. The molecule has 0 fully saturated rings. The van der Waals surface area contributed by atoms with Gasteiger partial charge in [0.15, 0.2) is 5.11 Å². The Morgan fingerprint density at radius 2 is 1.86 bits per heavy atom. The van der Waals surface area contributed by atoms with Gasteiger partial charge in [-0.15, -0.1) is 0 Å². The maximum absolute atomic E-state index is 12.6. The molecule has 0 heterocycles. The molecule has 0 aliphatic heterocycles. The van der Waals surface area contributed by atoms with Gasteiger partial charge in [-0.25, -0.2) is 8.42 Å². The van der Waals surface area contributed by atoms with Crippen molar-refractivity contribution in [2.75, 3.05) is 14.2 Å². The number of hydrogen-bond donors (Lipinski definition) is 3. The first-order valence-corrected chi connectivity index (χ1v) is 10.9. The van der Waals surface area contributed by atoms with Gasteiger partial charge in [-0.3, -0.25) is 9.52 Å². The Kier molecular flexibility index (Phi) is 7.98. The predicted octanol–water partition coefficient (Wildman–Crippen LogP) is 2.29. The van der Waals surface area contributed by atoms with Gasteiger partial charge in [0, 0.05) is 13.5 Å². The van der Waals surface area contributed by atoms with Crippen LogP contribution in [-0.4, -0.2) is 33.6 Å². The Morgan fingerprint density at radius 1 is 1.17 bits per heavy atom. The van der Waals surface area contributed by atoms with Crippen molar-refractivity contribution in [1.82, 2.24) is 15.4 Å². The second-order valence-corrected chi connectivity index (χ2v) is 8.43. The molecule has 3 N–H and O–H groups in total. The quantitative estimate of drug-likeness (QED) is 0.551. The average Bonchev–Trinajstić information content (AvgIpc) is 2.72. The predicted molar refractivity (Wildman–Crippen MR) is 116 cm³/mol. The van der Waals surface area contributed by atoms with Crippen LogP contribution in [0.15, 0.2) is 53.4 Å². The first-order valence-electron chi connectivity index (χ1n) is 9.02. The van der Waals surface area contributed by atoms with E-state index in [-0.39, 0.29) is 34.1 Å². The van der Waals surface area contributed by atoms with E-state index in [9.17, 15) is 13.2 Å². The molecule has 0 saturated carbocycles. The number of ether oxygens (including phenoxy) is 1. The van der Waals surface area contributed by atoms with Crippen molar-refractivity contribution in [2.45, 2.75) is 30.7 Å². The monoisotopic (exact) mass is 435 g/mol. The maximum Gasteiger partial charge on any atom is 0.267 e. The molecule has 29 heavy (non-hydrogen) atoms. The van der Waals surface area contributed by atoms with E-state index >= 15 is 0 Å². The summed E-state index contributed by atoms with van der Waals surface area (Å²) in [5.74, 6) is 0.0818. The molecule has 2 aromatic rings. The number of amides is 1. The fourth-order valence-electron chi connectivity index (χ4n) is 2.71. The van der Waals surface area contributed by atoms with Crippen molar-refractivity contribution in [1.29, 1.82) is 0 Å². The lowest BCUT2D eigenvalue weighted by atomic mass is 10.1. The third-order valence-corrected chi connectivity index (χ3v) is 6.10. The highest BCUT2D eigenvalue weighted by molar-refractivity contribution is 7.92. The zero-order chi connectivity index (χ0) is 21.4. The van der Waals surface area contributed by atoms with E-state index in [1.54, 1.807) is 12.1 Å². The molecule has 0 bridgehead atoms. The molecular weight excluding hydrogens is 410 g/mol. The zero-order valence-corrected chi connectivity index (χ0v) is 18.2. The van der Waals surface area contributed by atoms with E-state index in [1.165, 1.54) is 20.2 Å². The fourth-order valence-corrected chi connectivity index (χ4v) is 4.22. The molecule has 7 nitrogen and oxygen atoms in total. The molecule has 0 aliphatic carbocycles. The lowest BCUT2D eigenvalue weighted by Crippen LogP contribution is -2.37. The maximum atomic E-state index is 12.6. The van der Waals surface area contributed by atoms with E-state index in [0.29, 0.717) is 12.0 Å². The summed E-state index contributed by atoms with van der Waals surface area (Å²) < 4.78 is 32.6. The normalized spacial score (nSPS) is 12.0. The topological polar surface area (TPSA) is 96.5 Å². The molecule has 0 aromatic heterocycles. The molecule has 1 amide bonds. The van der Waals surface area contributed by atoms with Crippen LogP contribution < -0.4 is 20.1 Å². The van der Waals surface area contributed by atoms with E-state index in [1.807, 2.05) is 37.3 Å². The number of aryl methyl sites for hydroxylation is 1. The number of sulfonamides is 1. The van der Waals surface area contributed by atoms with Gasteiger partial charge in [-0.05, 0) is 48.8 Å². The summed E-state index contributed by atoms with van der Waals surface area (Å²) in [5.41, 5.74) is 1.72. The second kappa shape index (κ2) is 10.2. The fraction of sp³-hybridized carbons (Fsp3) is 0.300. The summed E-state index contributed by atoms with van der Waals surface area (Å²) >= 11 is 4.89. The molecule has 1 atom stereocenters. The van der Waals surface area contributed by atoms with E-state index in [4.69, 9.17) is 17.0 Å². The van der Waals surface area contributed by atoms with E-state index < -0.39 is 10.0 Å². The van der Waals surface area contributed by atoms with Gasteiger partial charge in [0.2, 0.25) is 5.91 Å². The molecule has 0 saturated heterocycles. The second-order valence-electron chi connectivity index (χ2n) is 6.37. The summed E-state index contributed by atoms with van der Waals surface area (Å²) in [6.07, 6.45) is 0.613. The molecule has 0 aliphatic rings. The van der Waals surface area contributed by atoms with Crippen LogP contribution in [0.1, 0.15) is 30.5 Å². The first kappa shape index (κ1) is 22.6. The minimum absolute atomic E-state index is 0.0215. The van der Waals surface area contributed by atoms with Crippen molar-refractivity contribution in [3.63, 3.8) is 0 Å². The average molecular weight is 436 g/mol. The van der Waals surface area contributed by atoms with Crippen LogP contribution in [0.4, 0.5) is 0 Å². The van der Waals surface area contributed by atoms with Crippen LogP contribution in [0.5, 0.6) is 5.75 Å². The smallest absolute Gasteiger partial charge is 0.267 e. The van der Waals surface area contributed by atoms with Crippen molar-refractivity contribution in [3.05, 3.63) is 59.7 Å². The standard InChI is InChI=1S/C20H25N3O4S2/c1-14(16-7-5-4-6-8-16)22-19(24)12-10-15-9-11-17(27-3)18(13-15)29(25,26)23-20(28)21-2/h4-9,11,13-14H,10,12H2,1-3H3,(H,22,24)(H2,21,23,28)/t14-/m0/s1. The van der Waals surface area contributed by atoms with Crippen LogP contribution in [0.2, 0.25) is 0 Å². The summed E-state index contributed by atoms with van der Waals surface area (Å²) in [4.78, 5) is 12.3. The van der Waals surface area contributed by atoms with Crippen molar-refractivity contribution in [3.8, 4) is 5.75 Å². The van der Waals surface area contributed by atoms with Crippen molar-refractivity contribution < 1.29 is 17.9 Å². The SMILES string of the molecule is CNC(=S)NS(=O)(=O)c1cc(CCC(=O)N[C@@H](C)c2ccccc2)ccc1OC.